The van der Waals surface area contributed by atoms with Crippen molar-refractivity contribution in [2.24, 2.45) is 4.99 Å². The Bertz CT molecular complexity index is 952. The van der Waals surface area contributed by atoms with Crippen LogP contribution in [0, 0.1) is 0 Å². The van der Waals surface area contributed by atoms with E-state index in [-0.39, 0.29) is 0 Å². The summed E-state index contributed by atoms with van der Waals surface area (Å²) in [5.74, 6) is 0.869. The monoisotopic (exact) mass is 420 g/mol. The van der Waals surface area contributed by atoms with Crippen LogP contribution in [0.4, 0.5) is 17.1 Å². The van der Waals surface area contributed by atoms with E-state index in [2.05, 4.69) is 16.3 Å². The number of hydrogen-bond donors (Lipinski definition) is 1. The summed E-state index contributed by atoms with van der Waals surface area (Å²) in [6, 6.07) is 13.7. The number of fused-ring (bicyclic) bond motifs is 2. The van der Waals surface area contributed by atoms with Crippen molar-refractivity contribution in [3.8, 4) is 0 Å². The molecule has 0 saturated carbocycles. The molecule has 7 nitrogen and oxygen atoms in total. The van der Waals surface area contributed by atoms with Crippen LogP contribution in [0.3, 0.4) is 0 Å². The molecule has 9 heteroatoms. The number of nitrogens with zero attached hydrogens (tertiary/aromatic N) is 3. The zero-order chi connectivity index (χ0) is 19.7. The van der Waals surface area contributed by atoms with Gasteiger partial charge in [0.2, 0.25) is 0 Å². The fourth-order valence-electron chi connectivity index (χ4n) is 3.51. The first-order valence-corrected chi connectivity index (χ1v) is 10.9. The van der Waals surface area contributed by atoms with E-state index in [0.29, 0.717) is 31.2 Å². The normalized spacial score (nSPS) is 17.2. The summed E-state index contributed by atoms with van der Waals surface area (Å²) in [5.41, 5.74) is 3.71. The number of para-hydroxylation sites is 1. The molecule has 28 heavy (non-hydrogen) atoms. The van der Waals surface area contributed by atoms with E-state index in [9.17, 15) is 4.57 Å². The Morgan fingerprint density at radius 3 is 2.46 bits per heavy atom. The second kappa shape index (κ2) is 7.85. The zero-order valence-electron chi connectivity index (χ0n) is 15.8. The van der Waals surface area contributed by atoms with Crippen molar-refractivity contribution < 1.29 is 13.6 Å². The molecule has 2 aromatic rings. The quantitative estimate of drug-likeness (QED) is 0.738. The van der Waals surface area contributed by atoms with E-state index in [0.717, 1.165) is 28.5 Å². The molecule has 0 aliphatic carbocycles. The minimum atomic E-state index is -3.22. The lowest BCUT2D eigenvalue weighted by molar-refractivity contribution is 0.175. The maximum absolute atomic E-state index is 12.7. The van der Waals surface area contributed by atoms with Crippen molar-refractivity contribution in [3.63, 3.8) is 0 Å². The zero-order valence-corrected chi connectivity index (χ0v) is 17.4. The molecule has 0 bridgehead atoms. The highest BCUT2D eigenvalue weighted by molar-refractivity contribution is 7.51. The average molecular weight is 421 g/mol. The van der Waals surface area contributed by atoms with Gasteiger partial charge in [0.15, 0.2) is 0 Å². The van der Waals surface area contributed by atoms with Gasteiger partial charge in [-0.3, -0.25) is 9.05 Å². The van der Waals surface area contributed by atoms with E-state index in [1.54, 1.807) is 4.67 Å². The second-order valence-corrected chi connectivity index (χ2v) is 9.21. The molecule has 0 spiro atoms. The fraction of sp³-hybridized carbons (Fsp3) is 0.316. The minimum absolute atomic E-state index is 0.552. The van der Waals surface area contributed by atoms with Crippen molar-refractivity contribution in [1.82, 2.24) is 9.57 Å². The van der Waals surface area contributed by atoms with Gasteiger partial charge in [-0.1, -0.05) is 23.7 Å². The first-order valence-electron chi connectivity index (χ1n) is 9.00. The Labute approximate surface area is 169 Å². The van der Waals surface area contributed by atoms with Crippen molar-refractivity contribution in [2.45, 2.75) is 0 Å². The Hall–Kier alpha value is -1.89. The lowest BCUT2D eigenvalue weighted by Gasteiger charge is -2.38. The molecular formula is C19H22ClN4O3P. The molecule has 0 aromatic heterocycles. The summed E-state index contributed by atoms with van der Waals surface area (Å²) in [4.78, 5) is 7.14. The van der Waals surface area contributed by atoms with E-state index in [1.807, 2.05) is 36.4 Å². The Kier molecular flexibility index (Phi) is 5.45. The predicted molar refractivity (Wildman–Crippen MR) is 112 cm³/mol. The summed E-state index contributed by atoms with van der Waals surface area (Å²) in [7, 11) is -0.398. The largest absolute Gasteiger partial charge is 0.407 e. The molecule has 0 unspecified atom stereocenters. The summed E-state index contributed by atoms with van der Waals surface area (Å²) >= 11 is 6.20. The van der Waals surface area contributed by atoms with Crippen LogP contribution in [0.1, 0.15) is 5.56 Å². The number of nitrogens with one attached hydrogen (secondary N) is 1. The third-order valence-corrected chi connectivity index (χ3v) is 7.24. The highest BCUT2D eigenvalue weighted by Gasteiger charge is 2.35. The van der Waals surface area contributed by atoms with Crippen LogP contribution >= 0.6 is 19.3 Å². The molecule has 0 amide bonds. The van der Waals surface area contributed by atoms with Crippen LogP contribution in [-0.4, -0.2) is 55.8 Å². The highest BCUT2D eigenvalue weighted by Crippen LogP contribution is 2.50. The number of amidine groups is 1. The average Bonchev–Trinajstić information content (AvgIpc) is 2.90. The molecule has 0 radical (unpaired) electrons. The third kappa shape index (κ3) is 3.56. The molecule has 2 heterocycles. The van der Waals surface area contributed by atoms with Gasteiger partial charge in [-0.2, -0.15) is 0 Å². The molecule has 2 aliphatic heterocycles. The maximum atomic E-state index is 12.7. The molecule has 2 aromatic carbocycles. The number of hydrogen-bond acceptors (Lipinski definition) is 6. The van der Waals surface area contributed by atoms with Crippen molar-refractivity contribution >= 4 is 42.2 Å². The van der Waals surface area contributed by atoms with E-state index < -0.39 is 7.75 Å². The smallest absolute Gasteiger partial charge is 0.353 e. The lowest BCUT2D eigenvalue weighted by Crippen LogP contribution is -2.47. The minimum Gasteiger partial charge on any atom is -0.353 e. The molecule has 0 atom stereocenters. The van der Waals surface area contributed by atoms with E-state index >= 15 is 0 Å². The Balaban J connectivity index is 1.67. The molecular weight excluding hydrogens is 399 g/mol. The molecule has 1 N–H and O–H groups in total. The fourth-order valence-corrected chi connectivity index (χ4v) is 4.95. The van der Waals surface area contributed by atoms with Crippen molar-refractivity contribution in [2.75, 3.05) is 45.7 Å². The number of benzene rings is 2. The number of piperazine rings is 1. The van der Waals surface area contributed by atoms with Crippen LogP contribution in [0.2, 0.25) is 5.02 Å². The standard InChI is InChI=1S/C19H22ClN4O3P/c1-26-28(25,27-2)24-11-9-23(10-12-24)19-15-5-3-4-6-16(15)21-17-8-7-14(20)13-18(17)22-19/h3-8,13,21H,9-12H2,1-2H3. The number of aliphatic imine (C=N–C) groups is 1. The second-order valence-electron chi connectivity index (χ2n) is 6.54. The van der Waals surface area contributed by atoms with Gasteiger partial charge in [0.25, 0.3) is 0 Å². The van der Waals surface area contributed by atoms with Gasteiger partial charge >= 0.3 is 7.75 Å². The Morgan fingerprint density at radius 1 is 1.04 bits per heavy atom. The van der Waals surface area contributed by atoms with Gasteiger partial charge < -0.3 is 10.2 Å². The summed E-state index contributed by atoms with van der Waals surface area (Å²) in [6.45, 7) is 2.41. The van der Waals surface area contributed by atoms with Crippen LogP contribution in [0.25, 0.3) is 0 Å². The summed E-state index contributed by atoms with van der Waals surface area (Å²) in [6.07, 6.45) is 0. The maximum Gasteiger partial charge on any atom is 0.407 e. The topological polar surface area (TPSA) is 66.4 Å². The summed E-state index contributed by atoms with van der Waals surface area (Å²) in [5, 5.41) is 4.10. The van der Waals surface area contributed by atoms with E-state index in [4.69, 9.17) is 25.6 Å². The van der Waals surface area contributed by atoms with Crippen molar-refractivity contribution in [1.29, 1.82) is 0 Å². The number of halogens is 1. The van der Waals surface area contributed by atoms with Gasteiger partial charge in [-0.15, -0.1) is 0 Å². The van der Waals surface area contributed by atoms with Gasteiger partial charge in [0.1, 0.15) is 5.84 Å². The molecule has 1 fully saturated rings. The summed E-state index contributed by atoms with van der Waals surface area (Å²) < 4.78 is 24.7. The Morgan fingerprint density at radius 2 is 1.75 bits per heavy atom. The number of rotatable bonds is 3. The predicted octanol–water partition coefficient (Wildman–Crippen LogP) is 4.49. The molecule has 1 saturated heterocycles. The van der Waals surface area contributed by atoms with Gasteiger partial charge in [0.05, 0.1) is 11.4 Å². The van der Waals surface area contributed by atoms with Crippen LogP contribution in [0.5, 0.6) is 0 Å². The van der Waals surface area contributed by atoms with Gasteiger partial charge in [-0.05, 0) is 30.3 Å². The van der Waals surface area contributed by atoms with Crippen LogP contribution in [0.15, 0.2) is 47.5 Å². The van der Waals surface area contributed by atoms with Gasteiger partial charge in [0, 0.05) is 56.7 Å². The van der Waals surface area contributed by atoms with Crippen LogP contribution in [-0.2, 0) is 13.6 Å². The van der Waals surface area contributed by atoms with Gasteiger partial charge in [-0.25, -0.2) is 14.2 Å². The molecule has 148 valence electrons. The first kappa shape index (κ1) is 19.4. The highest BCUT2D eigenvalue weighted by atomic mass is 35.5. The SMILES string of the molecule is COP(=O)(OC)N1CCN(C2=Nc3cc(Cl)ccc3Nc3ccccc32)CC1. The number of anilines is 2. The third-order valence-electron chi connectivity index (χ3n) is 4.99. The van der Waals surface area contributed by atoms with Crippen LogP contribution < -0.4 is 5.32 Å². The molecule has 2 aliphatic rings. The van der Waals surface area contributed by atoms with E-state index in [1.165, 1.54) is 14.2 Å². The lowest BCUT2D eigenvalue weighted by atomic mass is 10.1. The molecule has 4 rings (SSSR count). The first-order chi connectivity index (χ1) is 13.5. The van der Waals surface area contributed by atoms with Crippen molar-refractivity contribution in [3.05, 3.63) is 53.1 Å².